The second-order valence-electron chi connectivity index (χ2n) is 10.8. The Bertz CT molecular complexity index is 1310. The van der Waals surface area contributed by atoms with E-state index in [1.54, 1.807) is 30.5 Å². The molecule has 0 aliphatic carbocycles. The van der Waals surface area contributed by atoms with Crippen LogP contribution in [0.5, 0.6) is 17.2 Å². The van der Waals surface area contributed by atoms with Crippen LogP contribution in [0.4, 0.5) is 18.9 Å². The summed E-state index contributed by atoms with van der Waals surface area (Å²) in [6.45, 7) is 15.3. The van der Waals surface area contributed by atoms with E-state index in [0.717, 1.165) is 22.4 Å². The minimum Gasteiger partial charge on any atom is -0.493 e. The first-order valence-electron chi connectivity index (χ1n) is 12.0. The average molecular weight is 548 g/mol. The predicted octanol–water partition coefficient (Wildman–Crippen LogP) is 7.64. The molecule has 198 valence electrons. The fraction of sp³-hybridized carbons (Fsp3) is 0.345. The molecular weight excluding hydrogens is 513 g/mol. The number of hydrogen-bond donors (Lipinski definition) is 0. The lowest BCUT2D eigenvalue weighted by atomic mass is 9.79. The molecule has 0 aliphatic heterocycles. The van der Waals surface area contributed by atoms with E-state index in [-0.39, 0.29) is 21.9 Å². The summed E-state index contributed by atoms with van der Waals surface area (Å²) in [4.78, 5) is 4.63. The van der Waals surface area contributed by atoms with Crippen LogP contribution in [0.1, 0.15) is 65.2 Å². The molecule has 0 spiro atoms. The molecule has 37 heavy (non-hydrogen) atoms. The molecule has 0 aliphatic rings. The smallest absolute Gasteiger partial charge is 0.202 e. The van der Waals surface area contributed by atoms with Crippen LogP contribution in [-0.4, -0.2) is 12.8 Å². The molecule has 3 aromatic carbocycles. The number of ether oxygens (including phenoxy) is 2. The Morgan fingerprint density at radius 2 is 1.49 bits per heavy atom. The fourth-order valence-electron chi connectivity index (χ4n) is 3.72. The van der Waals surface area contributed by atoms with Crippen LogP contribution in [0, 0.1) is 17.5 Å². The highest BCUT2D eigenvalue weighted by Crippen LogP contribution is 2.39. The number of halogens is 3. The van der Waals surface area contributed by atoms with E-state index in [1.165, 1.54) is 0 Å². The third-order valence-electron chi connectivity index (χ3n) is 5.85. The van der Waals surface area contributed by atoms with Crippen molar-refractivity contribution in [3.05, 3.63) is 70.5 Å². The lowest BCUT2D eigenvalue weighted by molar-refractivity contribution is 0.329. The van der Waals surface area contributed by atoms with E-state index in [0.29, 0.717) is 12.3 Å². The second kappa shape index (κ2) is 11.1. The summed E-state index contributed by atoms with van der Waals surface area (Å²) >= 11 is 0. The first-order valence-corrected chi connectivity index (χ1v) is 13.2. The minimum atomic E-state index is -1.32. The van der Waals surface area contributed by atoms with Gasteiger partial charge in [-0.15, -0.1) is 0 Å². The van der Waals surface area contributed by atoms with Gasteiger partial charge in [-0.1, -0.05) is 78.2 Å². The Balaban J connectivity index is 2.14. The van der Waals surface area contributed by atoms with Crippen molar-refractivity contribution in [2.75, 3.05) is 6.61 Å². The van der Waals surface area contributed by atoms with Crippen LogP contribution in [-0.2, 0) is 10.8 Å². The van der Waals surface area contributed by atoms with Gasteiger partial charge < -0.3 is 9.47 Å². The number of hydrogen-bond acceptors (Lipinski definition) is 3. The number of nitrogens with zero attached hydrogens (tertiary/aromatic N) is 1. The van der Waals surface area contributed by atoms with Crippen molar-refractivity contribution in [1.82, 2.24) is 0 Å². The van der Waals surface area contributed by atoms with Crippen LogP contribution in [0.2, 0.25) is 0 Å². The fourth-order valence-corrected chi connectivity index (χ4v) is 4.51. The van der Waals surface area contributed by atoms with E-state index in [9.17, 15) is 13.2 Å². The zero-order valence-electron chi connectivity index (χ0n) is 22.3. The molecule has 0 saturated carbocycles. The van der Waals surface area contributed by atoms with Gasteiger partial charge in [-0.2, -0.15) is 4.39 Å². The molecule has 0 N–H and O–H groups in total. The van der Waals surface area contributed by atoms with Gasteiger partial charge in [-0.25, -0.2) is 8.78 Å². The number of para-hydroxylation sites is 2. The Kier molecular flexibility index (Phi) is 8.77. The summed E-state index contributed by atoms with van der Waals surface area (Å²) in [6.07, 6.45) is 1.68. The Labute approximate surface area is 222 Å². The highest BCUT2D eigenvalue weighted by atomic mass is 31.0. The lowest BCUT2D eigenvalue weighted by Gasteiger charge is -2.28. The molecule has 3 nitrogen and oxygen atoms in total. The van der Waals surface area contributed by atoms with Crippen LogP contribution in [0.15, 0.2) is 41.4 Å². The summed E-state index contributed by atoms with van der Waals surface area (Å²) in [6, 6.07) is 10.9. The standard InChI is InChI=1S/C29H34F3NO2P2/c1-8-34-24-16(13-17(28(2,3)4)14-18(24)29(5,6)7)15-33-19-11-9-10-12-20(19)35-25-21(30)22(31)26(36)23(32)27(25)37/h9-15H,8,36-37H2,1-7H3. The van der Waals surface area contributed by atoms with Crippen molar-refractivity contribution in [1.29, 1.82) is 0 Å². The second-order valence-corrected chi connectivity index (χ2v) is 12.0. The van der Waals surface area contributed by atoms with E-state index in [1.807, 2.05) is 16.2 Å². The van der Waals surface area contributed by atoms with Gasteiger partial charge >= 0.3 is 0 Å². The quantitative estimate of drug-likeness (QED) is 0.180. The van der Waals surface area contributed by atoms with Crippen LogP contribution < -0.4 is 20.1 Å². The van der Waals surface area contributed by atoms with E-state index in [2.05, 4.69) is 67.9 Å². The molecular formula is C29H34F3NO2P2. The number of rotatable bonds is 6. The Hall–Kier alpha value is -2.42. The minimum absolute atomic E-state index is 0.112. The molecule has 0 bridgehead atoms. The summed E-state index contributed by atoms with van der Waals surface area (Å²) < 4.78 is 55.1. The molecule has 0 heterocycles. The van der Waals surface area contributed by atoms with Crippen molar-refractivity contribution in [2.45, 2.75) is 59.3 Å². The van der Waals surface area contributed by atoms with Gasteiger partial charge in [-0.3, -0.25) is 4.99 Å². The van der Waals surface area contributed by atoms with Crippen LogP contribution in [0.3, 0.4) is 0 Å². The summed E-state index contributed by atoms with van der Waals surface area (Å²) in [5, 5.41) is -0.702. The van der Waals surface area contributed by atoms with E-state index < -0.39 is 28.5 Å². The maximum Gasteiger partial charge on any atom is 0.202 e. The van der Waals surface area contributed by atoms with E-state index >= 15 is 0 Å². The van der Waals surface area contributed by atoms with Crippen LogP contribution >= 0.6 is 18.5 Å². The highest BCUT2D eigenvalue weighted by Gasteiger charge is 2.26. The highest BCUT2D eigenvalue weighted by molar-refractivity contribution is 7.29. The third kappa shape index (κ3) is 6.36. The molecule has 0 radical (unpaired) electrons. The van der Waals surface area contributed by atoms with Gasteiger partial charge in [0, 0.05) is 22.6 Å². The maximum absolute atomic E-state index is 14.7. The van der Waals surface area contributed by atoms with Crippen LogP contribution in [0.25, 0.3) is 0 Å². The van der Waals surface area contributed by atoms with Gasteiger partial charge in [0.1, 0.15) is 17.3 Å². The van der Waals surface area contributed by atoms with E-state index in [4.69, 9.17) is 9.47 Å². The average Bonchev–Trinajstić information content (AvgIpc) is 2.82. The number of benzene rings is 3. The SMILES string of the molecule is CCOc1c(C=Nc2ccccc2Oc2c(F)c(F)c(P)c(F)c2P)cc(C(C)(C)C)cc1C(C)(C)C. The van der Waals surface area contributed by atoms with Crippen molar-refractivity contribution in [3.63, 3.8) is 0 Å². The first-order chi connectivity index (χ1) is 17.2. The predicted molar refractivity (Wildman–Crippen MR) is 154 cm³/mol. The molecule has 2 atom stereocenters. The van der Waals surface area contributed by atoms with Crippen molar-refractivity contribution in [3.8, 4) is 17.2 Å². The summed E-state index contributed by atoms with van der Waals surface area (Å²) in [5.41, 5.74) is 3.05. The van der Waals surface area contributed by atoms with Gasteiger partial charge in [0.2, 0.25) is 5.82 Å². The monoisotopic (exact) mass is 547 g/mol. The largest absolute Gasteiger partial charge is 0.493 e. The molecule has 2 unspecified atom stereocenters. The first kappa shape index (κ1) is 29.1. The van der Waals surface area contributed by atoms with Gasteiger partial charge in [0.15, 0.2) is 17.3 Å². The lowest BCUT2D eigenvalue weighted by Crippen LogP contribution is -2.19. The third-order valence-corrected chi connectivity index (χ3v) is 6.87. The molecule has 0 fully saturated rings. The van der Waals surface area contributed by atoms with Crippen molar-refractivity contribution >= 4 is 41.0 Å². The van der Waals surface area contributed by atoms with Gasteiger partial charge in [0.05, 0.1) is 11.9 Å². The van der Waals surface area contributed by atoms with Crippen molar-refractivity contribution in [2.24, 2.45) is 4.99 Å². The van der Waals surface area contributed by atoms with Gasteiger partial charge in [-0.05, 0) is 41.5 Å². The van der Waals surface area contributed by atoms with Gasteiger partial charge in [0.25, 0.3) is 0 Å². The zero-order chi connectivity index (χ0) is 27.7. The molecule has 3 rings (SSSR count). The van der Waals surface area contributed by atoms with Crippen molar-refractivity contribution < 1.29 is 22.6 Å². The Morgan fingerprint density at radius 1 is 0.838 bits per heavy atom. The molecule has 8 heteroatoms. The summed E-state index contributed by atoms with van der Waals surface area (Å²) in [5.74, 6) is -3.17. The Morgan fingerprint density at radius 3 is 2.08 bits per heavy atom. The maximum atomic E-state index is 14.7. The molecule has 0 amide bonds. The normalized spacial score (nSPS) is 12.3. The summed E-state index contributed by atoms with van der Waals surface area (Å²) in [7, 11) is 3.94. The molecule has 3 aromatic rings. The topological polar surface area (TPSA) is 30.8 Å². The molecule has 0 saturated heterocycles. The molecule has 0 aromatic heterocycles. The zero-order valence-corrected chi connectivity index (χ0v) is 24.6. The number of aliphatic imine (C=N–C) groups is 1.